The van der Waals surface area contributed by atoms with Crippen LogP contribution in [0.25, 0.3) is 0 Å². The first-order chi connectivity index (χ1) is 10.1. The van der Waals surface area contributed by atoms with E-state index in [1.165, 1.54) is 11.3 Å². The zero-order chi connectivity index (χ0) is 15.7. The lowest BCUT2D eigenvalue weighted by Gasteiger charge is -2.18. The van der Waals surface area contributed by atoms with E-state index in [0.717, 1.165) is 18.1 Å². The first kappa shape index (κ1) is 17.6. The molecule has 0 aliphatic carbocycles. The molecule has 1 heterocycles. The molecular formula is C14H24N4O2S. The van der Waals surface area contributed by atoms with Crippen LogP contribution < -0.4 is 11.1 Å². The summed E-state index contributed by atoms with van der Waals surface area (Å²) in [7, 11) is 0. The lowest BCUT2D eigenvalue weighted by atomic mass is 10.2. The molecule has 0 fully saturated rings. The van der Waals surface area contributed by atoms with Gasteiger partial charge in [0, 0.05) is 37.9 Å². The summed E-state index contributed by atoms with van der Waals surface area (Å²) in [5.74, 6) is -0.0575. The molecule has 0 aliphatic rings. The van der Waals surface area contributed by atoms with Crippen molar-refractivity contribution in [2.75, 3.05) is 26.2 Å². The highest BCUT2D eigenvalue weighted by Crippen LogP contribution is 2.09. The average molecular weight is 312 g/mol. The van der Waals surface area contributed by atoms with Gasteiger partial charge in [-0.05, 0) is 26.8 Å². The van der Waals surface area contributed by atoms with Crippen LogP contribution in [0, 0.1) is 0 Å². The normalized spacial score (nSPS) is 10.4. The van der Waals surface area contributed by atoms with E-state index in [9.17, 15) is 9.59 Å². The minimum atomic E-state index is -0.190. The maximum atomic E-state index is 11.9. The molecule has 0 bridgehead atoms. The second-order valence-electron chi connectivity index (χ2n) is 4.59. The standard InChI is InChI=1S/C14H24N4O2S/c1-3-18(4-2)13(19)6-5-9-16-14(20)11-10-21-12(17-11)7-8-15/h10H,3-9,15H2,1-2H3,(H,16,20). The van der Waals surface area contributed by atoms with Gasteiger partial charge in [0.2, 0.25) is 5.91 Å². The quantitative estimate of drug-likeness (QED) is 0.666. The van der Waals surface area contributed by atoms with E-state index in [2.05, 4.69) is 10.3 Å². The van der Waals surface area contributed by atoms with Crippen molar-refractivity contribution in [1.29, 1.82) is 0 Å². The number of carbonyl (C=O) groups is 2. The van der Waals surface area contributed by atoms with E-state index in [0.29, 0.717) is 38.0 Å². The maximum Gasteiger partial charge on any atom is 0.270 e. The first-order valence-electron chi connectivity index (χ1n) is 7.32. The van der Waals surface area contributed by atoms with Gasteiger partial charge in [0.05, 0.1) is 5.01 Å². The van der Waals surface area contributed by atoms with Gasteiger partial charge in [-0.25, -0.2) is 4.98 Å². The summed E-state index contributed by atoms with van der Waals surface area (Å²) in [6.07, 6.45) is 1.79. The van der Waals surface area contributed by atoms with Crippen LogP contribution in [-0.4, -0.2) is 47.9 Å². The Morgan fingerprint density at radius 3 is 2.71 bits per heavy atom. The molecule has 2 amide bonds. The molecule has 0 spiro atoms. The Morgan fingerprint density at radius 1 is 1.38 bits per heavy atom. The van der Waals surface area contributed by atoms with Gasteiger partial charge in [-0.2, -0.15) is 0 Å². The topological polar surface area (TPSA) is 88.3 Å². The fraction of sp³-hybridized carbons (Fsp3) is 0.643. The summed E-state index contributed by atoms with van der Waals surface area (Å²) >= 11 is 1.44. The number of hydrogen-bond acceptors (Lipinski definition) is 5. The fourth-order valence-corrected chi connectivity index (χ4v) is 2.71. The molecule has 1 aromatic rings. The molecule has 0 unspecified atom stereocenters. The van der Waals surface area contributed by atoms with Gasteiger partial charge in [0.15, 0.2) is 0 Å². The third kappa shape index (κ3) is 5.81. The summed E-state index contributed by atoms with van der Waals surface area (Å²) in [6, 6.07) is 0. The van der Waals surface area contributed by atoms with E-state index in [1.54, 1.807) is 10.3 Å². The summed E-state index contributed by atoms with van der Waals surface area (Å²) in [6.45, 7) is 6.39. The highest BCUT2D eigenvalue weighted by atomic mass is 32.1. The number of nitrogens with zero attached hydrogens (tertiary/aromatic N) is 2. The van der Waals surface area contributed by atoms with Crippen molar-refractivity contribution in [3.63, 3.8) is 0 Å². The number of nitrogens with two attached hydrogens (primary N) is 1. The van der Waals surface area contributed by atoms with Gasteiger partial charge in [-0.15, -0.1) is 11.3 Å². The Morgan fingerprint density at radius 2 is 2.10 bits per heavy atom. The number of aromatic nitrogens is 1. The molecular weight excluding hydrogens is 288 g/mol. The van der Waals surface area contributed by atoms with Gasteiger partial charge in [0.25, 0.3) is 5.91 Å². The van der Waals surface area contributed by atoms with Gasteiger partial charge in [-0.3, -0.25) is 9.59 Å². The van der Waals surface area contributed by atoms with Crippen LogP contribution in [0.1, 0.15) is 42.2 Å². The third-order valence-corrected chi connectivity index (χ3v) is 4.02. The summed E-state index contributed by atoms with van der Waals surface area (Å²) in [4.78, 5) is 29.7. The molecule has 1 rings (SSSR count). The van der Waals surface area contributed by atoms with Crippen LogP contribution >= 0.6 is 11.3 Å². The minimum absolute atomic E-state index is 0.133. The summed E-state index contributed by atoms with van der Waals surface area (Å²) in [5, 5.41) is 5.40. The lowest BCUT2D eigenvalue weighted by Crippen LogP contribution is -2.31. The second kappa shape index (κ2) is 9.46. The fourth-order valence-electron chi connectivity index (χ4n) is 1.92. The molecule has 0 aromatic carbocycles. The van der Waals surface area contributed by atoms with Crippen molar-refractivity contribution in [3.05, 3.63) is 16.1 Å². The smallest absolute Gasteiger partial charge is 0.270 e. The van der Waals surface area contributed by atoms with Crippen LogP contribution in [0.3, 0.4) is 0 Å². The highest BCUT2D eigenvalue weighted by Gasteiger charge is 2.11. The van der Waals surface area contributed by atoms with Crippen LogP contribution in [0.15, 0.2) is 5.38 Å². The number of hydrogen-bond donors (Lipinski definition) is 2. The van der Waals surface area contributed by atoms with Crippen molar-refractivity contribution < 1.29 is 9.59 Å². The number of rotatable bonds is 9. The Bertz CT molecular complexity index is 458. The van der Waals surface area contributed by atoms with Gasteiger partial charge in [-0.1, -0.05) is 0 Å². The number of amides is 2. The van der Waals surface area contributed by atoms with E-state index >= 15 is 0 Å². The molecule has 1 aromatic heterocycles. The van der Waals surface area contributed by atoms with Crippen LogP contribution in [0.2, 0.25) is 0 Å². The van der Waals surface area contributed by atoms with Crippen LogP contribution in [0.5, 0.6) is 0 Å². The molecule has 7 heteroatoms. The second-order valence-corrected chi connectivity index (χ2v) is 5.53. The highest BCUT2D eigenvalue weighted by molar-refractivity contribution is 7.09. The summed E-state index contributed by atoms with van der Waals surface area (Å²) in [5.41, 5.74) is 5.88. The number of thiazole rings is 1. The van der Waals surface area contributed by atoms with E-state index in [4.69, 9.17) is 5.73 Å². The molecule has 0 atom stereocenters. The molecule has 0 radical (unpaired) electrons. The number of nitrogens with one attached hydrogen (secondary N) is 1. The molecule has 3 N–H and O–H groups in total. The largest absolute Gasteiger partial charge is 0.351 e. The zero-order valence-electron chi connectivity index (χ0n) is 12.7. The molecule has 0 saturated heterocycles. The Hall–Kier alpha value is -1.47. The van der Waals surface area contributed by atoms with Crippen molar-refractivity contribution in [3.8, 4) is 0 Å². The average Bonchev–Trinajstić information content (AvgIpc) is 2.94. The molecule has 0 saturated carbocycles. The van der Waals surface area contributed by atoms with E-state index in [-0.39, 0.29) is 11.8 Å². The molecule has 21 heavy (non-hydrogen) atoms. The molecule has 0 aliphatic heterocycles. The van der Waals surface area contributed by atoms with Gasteiger partial charge < -0.3 is 16.0 Å². The first-order valence-corrected chi connectivity index (χ1v) is 8.20. The number of carbonyl (C=O) groups excluding carboxylic acids is 2. The van der Waals surface area contributed by atoms with Crippen molar-refractivity contribution >= 4 is 23.2 Å². The predicted molar refractivity (Wildman–Crippen MR) is 84.4 cm³/mol. The minimum Gasteiger partial charge on any atom is -0.351 e. The SMILES string of the molecule is CCN(CC)C(=O)CCCNC(=O)c1csc(CCN)n1. The van der Waals surface area contributed by atoms with Crippen LogP contribution in [0.4, 0.5) is 0 Å². The van der Waals surface area contributed by atoms with E-state index in [1.807, 2.05) is 13.8 Å². The predicted octanol–water partition coefficient (Wildman–Crippen LogP) is 1.02. The molecule has 118 valence electrons. The Labute approximate surface area is 129 Å². The molecule has 6 nitrogen and oxygen atoms in total. The van der Waals surface area contributed by atoms with Gasteiger partial charge in [0.1, 0.15) is 5.69 Å². The lowest BCUT2D eigenvalue weighted by molar-refractivity contribution is -0.130. The third-order valence-electron chi connectivity index (χ3n) is 3.11. The van der Waals surface area contributed by atoms with Crippen molar-refractivity contribution in [2.24, 2.45) is 5.73 Å². The summed E-state index contributed by atoms with van der Waals surface area (Å²) < 4.78 is 0. The van der Waals surface area contributed by atoms with E-state index < -0.39 is 0 Å². The maximum absolute atomic E-state index is 11.9. The monoisotopic (exact) mass is 312 g/mol. The van der Waals surface area contributed by atoms with Crippen LogP contribution in [-0.2, 0) is 11.2 Å². The van der Waals surface area contributed by atoms with Crippen molar-refractivity contribution in [1.82, 2.24) is 15.2 Å². The Kier molecular flexibility index (Phi) is 7.92. The zero-order valence-corrected chi connectivity index (χ0v) is 13.5. The Balaban J connectivity index is 2.28. The van der Waals surface area contributed by atoms with Crippen molar-refractivity contribution in [2.45, 2.75) is 33.1 Å². The van der Waals surface area contributed by atoms with Gasteiger partial charge >= 0.3 is 0 Å².